The third-order valence-electron chi connectivity index (χ3n) is 4.01. The maximum Gasteiger partial charge on any atom is 0.573 e. The van der Waals surface area contributed by atoms with E-state index in [-0.39, 0.29) is 28.1 Å². The zero-order chi connectivity index (χ0) is 20.8. The predicted octanol–water partition coefficient (Wildman–Crippen LogP) is 4.47. The number of fused-ring (bicyclic) bond motifs is 1. The summed E-state index contributed by atoms with van der Waals surface area (Å²) in [7, 11) is 0. The van der Waals surface area contributed by atoms with E-state index in [4.69, 9.17) is 5.11 Å². The van der Waals surface area contributed by atoms with Crippen LogP contribution < -0.4 is 4.74 Å². The summed E-state index contributed by atoms with van der Waals surface area (Å²) < 4.78 is 54.9. The molecule has 0 atom stereocenters. The van der Waals surface area contributed by atoms with Gasteiger partial charge >= 0.3 is 12.3 Å². The Bertz CT molecular complexity index is 1010. The van der Waals surface area contributed by atoms with Gasteiger partial charge in [-0.15, -0.1) is 24.5 Å². The maximum atomic E-state index is 14.1. The van der Waals surface area contributed by atoms with Gasteiger partial charge in [-0.05, 0) is 12.5 Å². The second-order valence-electron chi connectivity index (χ2n) is 5.90. The van der Waals surface area contributed by atoms with Crippen LogP contribution in [0.5, 0.6) is 5.06 Å². The second kappa shape index (κ2) is 6.89. The van der Waals surface area contributed by atoms with Gasteiger partial charge in [-0.1, -0.05) is 0 Å². The lowest BCUT2D eigenvalue weighted by Gasteiger charge is -2.19. The minimum Gasteiger partial charge on any atom is -0.505 e. The Morgan fingerprint density at radius 2 is 2.04 bits per heavy atom. The molecule has 28 heavy (non-hydrogen) atoms. The monoisotopic (exact) mass is 417 g/mol. The fourth-order valence-corrected chi connectivity index (χ4v) is 3.68. The van der Waals surface area contributed by atoms with Gasteiger partial charge in [-0.3, -0.25) is 14.6 Å². The molecule has 1 aliphatic carbocycles. The quantitative estimate of drug-likeness (QED) is 0.544. The Balaban J connectivity index is 2.08. The van der Waals surface area contributed by atoms with Crippen molar-refractivity contribution >= 4 is 28.8 Å². The molecule has 2 aliphatic rings. The van der Waals surface area contributed by atoms with Crippen LogP contribution in [0.15, 0.2) is 50.4 Å². The molecule has 0 aromatic carbocycles. The smallest absolute Gasteiger partial charge is 0.505 e. The first-order valence-corrected chi connectivity index (χ1v) is 8.57. The number of carboxylic acid groups (broad SMARTS) is 1. The van der Waals surface area contributed by atoms with E-state index < -0.39 is 53.2 Å². The lowest BCUT2D eigenvalue weighted by atomic mass is 9.85. The van der Waals surface area contributed by atoms with Gasteiger partial charge < -0.3 is 14.9 Å². The number of ketones is 1. The molecule has 0 unspecified atom stereocenters. The molecule has 0 fully saturated rings. The van der Waals surface area contributed by atoms with Crippen LogP contribution in [0.3, 0.4) is 0 Å². The van der Waals surface area contributed by atoms with Gasteiger partial charge in [0, 0.05) is 34.7 Å². The minimum absolute atomic E-state index is 0.00621. The zero-order valence-corrected chi connectivity index (χ0v) is 14.9. The number of alkyl halides is 3. The molecule has 0 radical (unpaired) electrons. The number of rotatable bonds is 5. The van der Waals surface area contributed by atoms with Crippen LogP contribution in [0.4, 0.5) is 17.6 Å². The molecule has 2 heterocycles. The molecule has 6 nitrogen and oxygen atoms in total. The topological polar surface area (TPSA) is 96.2 Å². The Morgan fingerprint density at radius 3 is 2.64 bits per heavy atom. The molecule has 0 saturated carbocycles. The summed E-state index contributed by atoms with van der Waals surface area (Å²) in [4.78, 5) is 28.1. The molecule has 0 spiro atoms. The Labute approximate surface area is 158 Å². The molecule has 3 rings (SSSR count). The van der Waals surface area contributed by atoms with Crippen molar-refractivity contribution in [3.8, 4) is 5.06 Å². The number of hydrogen-bond donors (Lipinski definition) is 2. The van der Waals surface area contributed by atoms with Gasteiger partial charge in [-0.25, -0.2) is 4.39 Å². The number of carbonyl (C=O) groups is 2. The number of aliphatic hydroxyl groups excluding tert-OH is 1. The molecule has 0 saturated heterocycles. The van der Waals surface area contributed by atoms with Gasteiger partial charge in [0.1, 0.15) is 5.83 Å². The fraction of sp³-hybridized carbons (Fsp3) is 0.235. The van der Waals surface area contributed by atoms with Gasteiger partial charge in [-0.2, -0.15) is 0 Å². The molecular weight excluding hydrogens is 406 g/mol. The highest BCUT2D eigenvalue weighted by Gasteiger charge is 2.38. The first-order chi connectivity index (χ1) is 13.0. The lowest BCUT2D eigenvalue weighted by molar-refractivity contribution is -0.273. The molecule has 1 aromatic heterocycles. The number of ether oxygens (including phenoxy) is 1. The summed E-state index contributed by atoms with van der Waals surface area (Å²) in [5.41, 5.74) is -0.347. The molecule has 0 bridgehead atoms. The molecule has 2 N–H and O–H groups in total. The average molecular weight is 417 g/mol. The van der Waals surface area contributed by atoms with Gasteiger partial charge in [0.2, 0.25) is 0 Å². The van der Waals surface area contributed by atoms with E-state index in [1.807, 2.05) is 0 Å². The molecule has 11 heteroatoms. The van der Waals surface area contributed by atoms with Gasteiger partial charge in [0.25, 0.3) is 0 Å². The summed E-state index contributed by atoms with van der Waals surface area (Å²) in [5, 5.41) is 19.7. The highest BCUT2D eigenvalue weighted by molar-refractivity contribution is 7.12. The van der Waals surface area contributed by atoms with Crippen LogP contribution in [0.25, 0.3) is 0 Å². The van der Waals surface area contributed by atoms with E-state index in [0.717, 1.165) is 11.4 Å². The number of allylic oxidation sites excluding steroid dienone is 4. The summed E-state index contributed by atoms with van der Waals surface area (Å²) in [6, 6.07) is 0.813. The normalized spacial score (nSPS) is 17.1. The van der Waals surface area contributed by atoms with Crippen LogP contribution in [0.2, 0.25) is 0 Å². The number of hydrogen-bond acceptors (Lipinski definition) is 6. The second-order valence-corrected chi connectivity index (χ2v) is 6.78. The summed E-state index contributed by atoms with van der Waals surface area (Å²) in [5.74, 6) is -4.23. The molecule has 1 aromatic rings. The first kappa shape index (κ1) is 19.8. The maximum absolute atomic E-state index is 14.1. The molecule has 148 valence electrons. The van der Waals surface area contributed by atoms with E-state index in [2.05, 4.69) is 9.73 Å². The highest BCUT2D eigenvalue weighted by atomic mass is 32.1. The largest absolute Gasteiger partial charge is 0.573 e. The number of halogens is 4. The summed E-state index contributed by atoms with van der Waals surface area (Å²) in [6.45, 7) is 1.48. The Kier molecular flexibility index (Phi) is 4.88. The number of aliphatic carboxylic acids is 1. The fourth-order valence-electron chi connectivity index (χ4n) is 2.92. The SMILES string of the molecule is CC1=C(CC(=O)O)C2=C(C(=O)c3csc(OC(F)(F)F)c3)C(O)=C(F)CC2=N1. The number of carboxylic acids is 1. The van der Waals surface area contributed by atoms with E-state index >= 15 is 0 Å². The van der Waals surface area contributed by atoms with Crippen molar-refractivity contribution in [1.29, 1.82) is 0 Å². The number of nitrogens with zero attached hydrogens (tertiary/aromatic N) is 1. The standard InChI is InChI=1S/C17H11F4NO5S/c1-6-8(3-11(23)24)13-10(22-6)4-9(18)16(26)14(13)15(25)7-2-12(28-5-7)27-17(19,20)21/h2,5,26H,3-4H2,1H3,(H,23,24). The van der Waals surface area contributed by atoms with Crippen molar-refractivity contribution in [3.05, 3.63) is 51.0 Å². The zero-order valence-electron chi connectivity index (χ0n) is 14.1. The van der Waals surface area contributed by atoms with Crippen molar-refractivity contribution in [2.24, 2.45) is 4.99 Å². The van der Waals surface area contributed by atoms with Gasteiger partial charge in [0.15, 0.2) is 16.6 Å². The van der Waals surface area contributed by atoms with Crippen LogP contribution in [-0.4, -0.2) is 34.0 Å². The first-order valence-electron chi connectivity index (χ1n) is 7.69. The number of aliphatic imine (C=N–C) groups is 1. The van der Waals surface area contributed by atoms with E-state index in [9.17, 15) is 32.3 Å². The lowest BCUT2D eigenvalue weighted by Crippen LogP contribution is -2.20. The average Bonchev–Trinajstić information content (AvgIpc) is 3.12. The molecular formula is C17H11F4NO5S. The van der Waals surface area contributed by atoms with Crippen LogP contribution in [0.1, 0.15) is 30.1 Å². The number of Topliss-reactive ketones (excluding diaryl/α,β-unsaturated/α-hetero) is 1. The van der Waals surface area contributed by atoms with Crippen LogP contribution in [0, 0.1) is 0 Å². The number of aliphatic hydroxyl groups is 1. The Hall–Kier alpha value is -2.95. The third kappa shape index (κ3) is 3.70. The van der Waals surface area contributed by atoms with Crippen molar-refractivity contribution in [2.45, 2.75) is 26.1 Å². The van der Waals surface area contributed by atoms with Crippen molar-refractivity contribution < 1.29 is 42.1 Å². The number of carbonyl (C=O) groups excluding carboxylic acids is 1. The van der Waals surface area contributed by atoms with E-state index in [0.29, 0.717) is 11.3 Å². The third-order valence-corrected chi connectivity index (χ3v) is 4.81. The van der Waals surface area contributed by atoms with Crippen LogP contribution in [-0.2, 0) is 4.79 Å². The van der Waals surface area contributed by atoms with Crippen molar-refractivity contribution in [3.63, 3.8) is 0 Å². The highest BCUT2D eigenvalue weighted by Crippen LogP contribution is 2.41. The molecule has 1 aliphatic heterocycles. The van der Waals surface area contributed by atoms with Crippen LogP contribution >= 0.6 is 11.3 Å². The molecule has 0 amide bonds. The van der Waals surface area contributed by atoms with Gasteiger partial charge in [0.05, 0.1) is 17.7 Å². The van der Waals surface area contributed by atoms with E-state index in [1.165, 1.54) is 6.92 Å². The minimum atomic E-state index is -4.95. The predicted molar refractivity (Wildman–Crippen MR) is 90.1 cm³/mol. The van der Waals surface area contributed by atoms with Crippen molar-refractivity contribution in [2.75, 3.05) is 0 Å². The van der Waals surface area contributed by atoms with Crippen molar-refractivity contribution in [1.82, 2.24) is 0 Å². The van der Waals surface area contributed by atoms with E-state index in [1.54, 1.807) is 0 Å². The number of thiophene rings is 1. The summed E-state index contributed by atoms with van der Waals surface area (Å²) in [6.07, 6.45) is -5.90. The Morgan fingerprint density at radius 1 is 1.36 bits per heavy atom. The summed E-state index contributed by atoms with van der Waals surface area (Å²) >= 11 is 0.495.